The highest BCUT2D eigenvalue weighted by molar-refractivity contribution is 14.1. The van der Waals surface area contributed by atoms with Gasteiger partial charge in [0.05, 0.1) is 34.3 Å². The number of rotatable bonds is 3. The first-order chi connectivity index (χ1) is 9.29. The molecule has 2 aromatic rings. The van der Waals surface area contributed by atoms with Crippen LogP contribution in [0.25, 0.3) is 17.5 Å². The number of halogens is 1. The Balaban J connectivity index is 1.98. The van der Waals surface area contributed by atoms with Crippen molar-refractivity contribution in [3.05, 3.63) is 47.8 Å². The second kappa shape index (κ2) is 5.49. The van der Waals surface area contributed by atoms with E-state index in [0.29, 0.717) is 5.92 Å². The van der Waals surface area contributed by atoms with Crippen LogP contribution >= 0.6 is 22.9 Å². The summed E-state index contributed by atoms with van der Waals surface area (Å²) in [5.41, 5.74) is 3.69. The van der Waals surface area contributed by atoms with E-state index in [1.807, 2.05) is 6.07 Å². The van der Waals surface area contributed by atoms with Crippen LogP contribution < -0.4 is 0 Å². The molecule has 0 aliphatic heterocycles. The van der Waals surface area contributed by atoms with Crippen LogP contribution in [-0.2, 0) is 6.42 Å². The topological polar surface area (TPSA) is 17.8 Å². The molecule has 98 valence electrons. The van der Waals surface area contributed by atoms with E-state index in [1.54, 1.807) is 0 Å². The normalized spacial score (nSPS) is 17.5. The second-order valence-electron chi connectivity index (χ2n) is 5.03. The maximum absolute atomic E-state index is 4.86. The Morgan fingerprint density at radius 3 is 2.84 bits per heavy atom. The smallest absolute Gasteiger partial charge is 0.149 e. The van der Waals surface area contributed by atoms with E-state index in [9.17, 15) is 0 Å². The first-order valence-corrected chi connectivity index (χ1v) is 7.77. The summed E-state index contributed by atoms with van der Waals surface area (Å²) >= 11 is 2.35. The van der Waals surface area contributed by atoms with Crippen molar-refractivity contribution in [2.24, 2.45) is 5.92 Å². The molecule has 1 aromatic carbocycles. The van der Waals surface area contributed by atoms with E-state index in [2.05, 4.69) is 69.0 Å². The van der Waals surface area contributed by atoms with Gasteiger partial charge in [0.15, 0.2) is 0 Å². The van der Waals surface area contributed by atoms with Gasteiger partial charge in [0.2, 0.25) is 0 Å². The third-order valence-corrected chi connectivity index (χ3v) is 4.58. The minimum atomic E-state index is 0.660. The van der Waals surface area contributed by atoms with Gasteiger partial charge < -0.3 is 0 Å². The lowest BCUT2D eigenvalue weighted by molar-refractivity contribution is 0.568. The van der Waals surface area contributed by atoms with Crippen molar-refractivity contribution in [2.75, 3.05) is 0 Å². The van der Waals surface area contributed by atoms with Crippen molar-refractivity contribution in [1.82, 2.24) is 7.76 Å². The Bertz CT molecular complexity index is 599. The van der Waals surface area contributed by atoms with Crippen molar-refractivity contribution in [3.8, 4) is 11.4 Å². The van der Waals surface area contributed by atoms with Gasteiger partial charge in [-0.3, -0.25) is 2.78 Å². The summed E-state index contributed by atoms with van der Waals surface area (Å²) in [4.78, 5) is 4.86. The molecular weight excluding hydrogens is 347 g/mol. The molecule has 19 heavy (non-hydrogen) atoms. The van der Waals surface area contributed by atoms with Gasteiger partial charge in [-0.1, -0.05) is 49.8 Å². The van der Waals surface area contributed by atoms with Crippen LogP contribution in [0.4, 0.5) is 0 Å². The SMILES string of the molecule is CCC[C@H]1C=Cc2c(nc(-c3ccccc3)n2I)C1. The quantitative estimate of drug-likeness (QED) is 0.720. The van der Waals surface area contributed by atoms with Gasteiger partial charge in [-0.2, -0.15) is 0 Å². The van der Waals surface area contributed by atoms with Crippen LogP contribution in [0, 0.1) is 5.92 Å². The van der Waals surface area contributed by atoms with E-state index in [0.717, 1.165) is 12.2 Å². The van der Waals surface area contributed by atoms with E-state index >= 15 is 0 Å². The molecule has 0 bridgehead atoms. The maximum Gasteiger partial charge on any atom is 0.149 e. The van der Waals surface area contributed by atoms with Gasteiger partial charge in [0.25, 0.3) is 0 Å². The van der Waals surface area contributed by atoms with Gasteiger partial charge in [0, 0.05) is 5.56 Å². The fourth-order valence-electron chi connectivity index (χ4n) is 2.65. The molecule has 0 fully saturated rings. The Labute approximate surface area is 128 Å². The van der Waals surface area contributed by atoms with Crippen LogP contribution in [0.3, 0.4) is 0 Å². The largest absolute Gasteiger partial charge is 0.264 e. The Kier molecular flexibility index (Phi) is 3.73. The van der Waals surface area contributed by atoms with Crippen LogP contribution in [0.15, 0.2) is 36.4 Å². The molecule has 0 saturated carbocycles. The standard InChI is InChI=1S/C16H17IN2/c1-2-6-12-9-10-15-14(11-12)18-16(19(15)17)13-7-4-3-5-8-13/h3-5,7-10,12H,2,6,11H2,1H3/t12-/m0/s1. The molecule has 0 N–H and O–H groups in total. The lowest BCUT2D eigenvalue weighted by atomic mass is 9.93. The number of hydrogen-bond acceptors (Lipinski definition) is 1. The van der Waals surface area contributed by atoms with Crippen LogP contribution in [0.1, 0.15) is 31.2 Å². The van der Waals surface area contributed by atoms with Crippen molar-refractivity contribution in [2.45, 2.75) is 26.2 Å². The van der Waals surface area contributed by atoms with Crippen LogP contribution in [-0.4, -0.2) is 7.76 Å². The van der Waals surface area contributed by atoms with Gasteiger partial charge in [-0.25, -0.2) is 4.98 Å². The molecule has 0 unspecified atom stereocenters. The summed E-state index contributed by atoms with van der Waals surface area (Å²) in [7, 11) is 0. The highest BCUT2D eigenvalue weighted by Crippen LogP contribution is 2.31. The van der Waals surface area contributed by atoms with Gasteiger partial charge >= 0.3 is 0 Å². The average molecular weight is 364 g/mol. The summed E-state index contributed by atoms with van der Waals surface area (Å²) < 4.78 is 2.18. The number of allylic oxidation sites excluding steroid dienone is 1. The number of nitrogens with zero attached hydrogens (tertiary/aromatic N) is 2. The molecule has 0 saturated heterocycles. The molecule has 1 aromatic heterocycles. The zero-order valence-electron chi connectivity index (χ0n) is 11.0. The fraction of sp³-hybridized carbons (Fsp3) is 0.312. The molecule has 3 rings (SSSR count). The highest BCUT2D eigenvalue weighted by atomic mass is 127. The number of hydrogen-bond donors (Lipinski definition) is 0. The Morgan fingerprint density at radius 2 is 2.11 bits per heavy atom. The van der Waals surface area contributed by atoms with Gasteiger partial charge in [-0.05, 0) is 24.8 Å². The van der Waals surface area contributed by atoms with Crippen molar-refractivity contribution >= 4 is 28.9 Å². The molecule has 2 nitrogen and oxygen atoms in total. The van der Waals surface area contributed by atoms with Crippen molar-refractivity contribution in [1.29, 1.82) is 0 Å². The van der Waals surface area contributed by atoms with E-state index in [4.69, 9.17) is 4.98 Å². The molecule has 0 amide bonds. The fourth-order valence-corrected chi connectivity index (χ4v) is 3.47. The number of benzene rings is 1. The van der Waals surface area contributed by atoms with Crippen LogP contribution in [0.5, 0.6) is 0 Å². The average Bonchev–Trinajstić information content (AvgIpc) is 2.77. The predicted molar refractivity (Wildman–Crippen MR) is 88.2 cm³/mol. The predicted octanol–water partition coefficient (Wildman–Crippen LogP) is 4.73. The lowest BCUT2D eigenvalue weighted by Gasteiger charge is -2.14. The Hall–Kier alpha value is -1.10. The summed E-state index contributed by atoms with van der Waals surface area (Å²) in [6.45, 7) is 2.25. The zero-order valence-corrected chi connectivity index (χ0v) is 13.2. The minimum absolute atomic E-state index is 0.660. The summed E-state index contributed by atoms with van der Waals surface area (Å²) in [5.74, 6) is 1.72. The molecule has 1 aliphatic carbocycles. The molecule has 1 heterocycles. The van der Waals surface area contributed by atoms with Gasteiger partial charge in [0.1, 0.15) is 5.82 Å². The molecule has 1 aliphatic rings. The zero-order chi connectivity index (χ0) is 13.2. The van der Waals surface area contributed by atoms with Crippen molar-refractivity contribution < 1.29 is 0 Å². The number of aromatic nitrogens is 2. The highest BCUT2D eigenvalue weighted by Gasteiger charge is 2.20. The summed E-state index contributed by atoms with van der Waals surface area (Å²) in [6, 6.07) is 10.4. The van der Waals surface area contributed by atoms with Gasteiger partial charge in [-0.15, -0.1) is 0 Å². The minimum Gasteiger partial charge on any atom is -0.264 e. The number of fused-ring (bicyclic) bond motifs is 1. The molecular formula is C16H17IN2. The molecule has 1 atom stereocenters. The molecule has 3 heteroatoms. The first-order valence-electron chi connectivity index (χ1n) is 6.81. The third kappa shape index (κ3) is 2.48. The summed E-state index contributed by atoms with van der Waals surface area (Å²) in [6.07, 6.45) is 8.16. The molecule has 0 radical (unpaired) electrons. The summed E-state index contributed by atoms with van der Waals surface area (Å²) in [5, 5.41) is 0. The Morgan fingerprint density at radius 1 is 1.32 bits per heavy atom. The molecule has 0 spiro atoms. The third-order valence-electron chi connectivity index (χ3n) is 3.61. The van der Waals surface area contributed by atoms with E-state index in [1.165, 1.54) is 29.8 Å². The second-order valence-corrected chi connectivity index (χ2v) is 5.99. The number of imidazole rings is 1. The first kappa shape index (κ1) is 12.9. The van der Waals surface area contributed by atoms with E-state index in [-0.39, 0.29) is 0 Å². The van der Waals surface area contributed by atoms with E-state index < -0.39 is 0 Å². The van der Waals surface area contributed by atoms with Crippen molar-refractivity contribution in [3.63, 3.8) is 0 Å². The maximum atomic E-state index is 4.86. The lowest BCUT2D eigenvalue weighted by Crippen LogP contribution is -2.07. The monoisotopic (exact) mass is 364 g/mol. The van der Waals surface area contributed by atoms with Crippen LogP contribution in [0.2, 0.25) is 0 Å².